The van der Waals surface area contributed by atoms with Crippen LogP contribution in [0.2, 0.25) is 0 Å². The highest BCUT2D eigenvalue weighted by atomic mass is 79.9. The topological polar surface area (TPSA) is 55.1 Å². The Morgan fingerprint density at radius 2 is 1.89 bits per heavy atom. The number of halogens is 1. The molecule has 0 spiro atoms. The molecule has 27 heavy (non-hydrogen) atoms. The van der Waals surface area contributed by atoms with Crippen LogP contribution in [0.3, 0.4) is 0 Å². The monoisotopic (exact) mass is 420 g/mol. The second-order valence-electron chi connectivity index (χ2n) is 6.48. The molecule has 1 amide bonds. The number of carbonyl (C=O) groups excluding carboxylic acids is 1. The van der Waals surface area contributed by atoms with E-state index in [-0.39, 0.29) is 5.91 Å². The zero-order valence-corrected chi connectivity index (χ0v) is 16.5. The molecule has 134 valence electrons. The van der Waals surface area contributed by atoms with E-state index in [2.05, 4.69) is 39.2 Å². The molecule has 3 aromatic carbocycles. The van der Waals surface area contributed by atoms with E-state index >= 15 is 0 Å². The van der Waals surface area contributed by atoms with Crippen LogP contribution in [0, 0.1) is 13.8 Å². The smallest absolute Gasteiger partial charge is 0.255 e. The van der Waals surface area contributed by atoms with Gasteiger partial charge in [-0.05, 0) is 61.9 Å². The minimum Gasteiger partial charge on any atom is -0.436 e. The zero-order chi connectivity index (χ0) is 19.0. The molecular weight excluding hydrogens is 404 g/mol. The summed E-state index contributed by atoms with van der Waals surface area (Å²) < 4.78 is 6.77. The molecule has 0 saturated carbocycles. The third kappa shape index (κ3) is 3.64. The van der Waals surface area contributed by atoms with E-state index in [0.29, 0.717) is 28.2 Å². The first kappa shape index (κ1) is 17.5. The number of carbonyl (C=O) groups is 1. The summed E-state index contributed by atoms with van der Waals surface area (Å²) in [4.78, 5) is 17.0. The van der Waals surface area contributed by atoms with Gasteiger partial charge in [0, 0.05) is 21.3 Å². The van der Waals surface area contributed by atoms with Crippen molar-refractivity contribution in [2.45, 2.75) is 13.8 Å². The lowest BCUT2D eigenvalue weighted by Gasteiger charge is -2.05. The summed E-state index contributed by atoms with van der Waals surface area (Å²) in [6, 6.07) is 18.9. The normalized spacial score (nSPS) is 10.9. The van der Waals surface area contributed by atoms with Crippen molar-refractivity contribution in [2.75, 3.05) is 5.32 Å². The van der Waals surface area contributed by atoms with Crippen LogP contribution < -0.4 is 5.32 Å². The SMILES string of the molecule is Cc1ccc(-c2nc3cc(NC(=O)c4cccc(Br)c4)ccc3o2)c(C)c1. The number of benzene rings is 3. The Kier molecular flexibility index (Phi) is 4.54. The van der Waals surface area contributed by atoms with Gasteiger partial charge < -0.3 is 9.73 Å². The Labute approximate surface area is 165 Å². The minimum absolute atomic E-state index is 0.172. The number of oxazole rings is 1. The van der Waals surface area contributed by atoms with Crippen molar-refractivity contribution in [3.05, 3.63) is 81.8 Å². The van der Waals surface area contributed by atoms with E-state index in [0.717, 1.165) is 15.6 Å². The second kappa shape index (κ2) is 7.00. The van der Waals surface area contributed by atoms with Gasteiger partial charge in [-0.25, -0.2) is 4.98 Å². The van der Waals surface area contributed by atoms with Gasteiger partial charge in [0.1, 0.15) is 5.52 Å². The molecular formula is C22H17BrN2O2. The number of anilines is 1. The largest absolute Gasteiger partial charge is 0.436 e. The maximum absolute atomic E-state index is 12.4. The molecule has 0 unspecified atom stereocenters. The molecule has 0 bridgehead atoms. The third-order valence-corrected chi connectivity index (χ3v) is 4.84. The van der Waals surface area contributed by atoms with Crippen molar-refractivity contribution in [3.63, 3.8) is 0 Å². The Balaban J connectivity index is 1.64. The predicted molar refractivity (Wildman–Crippen MR) is 111 cm³/mol. The molecule has 0 saturated heterocycles. The Morgan fingerprint density at radius 1 is 1.04 bits per heavy atom. The van der Waals surface area contributed by atoms with Gasteiger partial charge in [-0.1, -0.05) is 39.7 Å². The molecule has 4 aromatic rings. The number of amides is 1. The number of nitrogens with one attached hydrogen (secondary N) is 1. The molecule has 1 aromatic heterocycles. The van der Waals surface area contributed by atoms with Gasteiger partial charge in [-0.15, -0.1) is 0 Å². The summed E-state index contributed by atoms with van der Waals surface area (Å²) in [6.07, 6.45) is 0. The highest BCUT2D eigenvalue weighted by molar-refractivity contribution is 9.10. The molecule has 1 heterocycles. The molecule has 5 heteroatoms. The van der Waals surface area contributed by atoms with Gasteiger partial charge >= 0.3 is 0 Å². The van der Waals surface area contributed by atoms with Crippen molar-refractivity contribution in [1.29, 1.82) is 0 Å². The third-order valence-electron chi connectivity index (χ3n) is 4.34. The van der Waals surface area contributed by atoms with Crippen LogP contribution in [0.15, 0.2) is 69.6 Å². The van der Waals surface area contributed by atoms with E-state index in [4.69, 9.17) is 4.42 Å². The summed E-state index contributed by atoms with van der Waals surface area (Å²) in [5.41, 5.74) is 5.93. The van der Waals surface area contributed by atoms with E-state index in [1.54, 1.807) is 12.1 Å². The molecule has 0 aliphatic rings. The van der Waals surface area contributed by atoms with Crippen LogP contribution in [0.1, 0.15) is 21.5 Å². The maximum Gasteiger partial charge on any atom is 0.255 e. The van der Waals surface area contributed by atoms with E-state index < -0.39 is 0 Å². The van der Waals surface area contributed by atoms with E-state index in [1.807, 2.05) is 49.4 Å². The fourth-order valence-corrected chi connectivity index (χ4v) is 3.41. The fourth-order valence-electron chi connectivity index (χ4n) is 3.01. The highest BCUT2D eigenvalue weighted by Gasteiger charge is 2.12. The van der Waals surface area contributed by atoms with Crippen LogP contribution >= 0.6 is 15.9 Å². The van der Waals surface area contributed by atoms with Crippen molar-refractivity contribution in [2.24, 2.45) is 0 Å². The number of aromatic nitrogens is 1. The lowest BCUT2D eigenvalue weighted by atomic mass is 10.1. The van der Waals surface area contributed by atoms with Gasteiger partial charge in [-0.3, -0.25) is 4.79 Å². The number of rotatable bonds is 3. The standard InChI is InChI=1S/C22H17BrN2O2/c1-13-6-8-18(14(2)10-13)22-25-19-12-17(7-9-20(19)27-22)24-21(26)15-4-3-5-16(23)11-15/h3-12H,1-2H3,(H,24,26). The van der Waals surface area contributed by atoms with Crippen molar-refractivity contribution in [3.8, 4) is 11.5 Å². The molecule has 0 atom stereocenters. The molecule has 4 rings (SSSR count). The maximum atomic E-state index is 12.4. The predicted octanol–water partition coefficient (Wildman–Crippen LogP) is 6.13. The molecule has 0 fully saturated rings. The number of aryl methyl sites for hydroxylation is 2. The van der Waals surface area contributed by atoms with Crippen LogP contribution in [0.4, 0.5) is 5.69 Å². The average Bonchev–Trinajstić information content (AvgIpc) is 3.04. The first-order chi connectivity index (χ1) is 13.0. The van der Waals surface area contributed by atoms with Gasteiger partial charge in [0.15, 0.2) is 5.58 Å². The number of hydrogen-bond acceptors (Lipinski definition) is 3. The molecule has 4 nitrogen and oxygen atoms in total. The summed E-state index contributed by atoms with van der Waals surface area (Å²) in [6.45, 7) is 4.10. The Hall–Kier alpha value is -2.92. The molecule has 0 aliphatic heterocycles. The summed E-state index contributed by atoms with van der Waals surface area (Å²) in [7, 11) is 0. The van der Waals surface area contributed by atoms with Gasteiger partial charge in [0.2, 0.25) is 5.89 Å². The molecule has 0 radical (unpaired) electrons. The average molecular weight is 421 g/mol. The zero-order valence-electron chi connectivity index (χ0n) is 14.9. The Morgan fingerprint density at radius 3 is 2.67 bits per heavy atom. The van der Waals surface area contributed by atoms with Crippen LogP contribution in [0.25, 0.3) is 22.6 Å². The number of nitrogens with zero attached hydrogens (tertiary/aromatic N) is 1. The van der Waals surface area contributed by atoms with Crippen LogP contribution in [0.5, 0.6) is 0 Å². The second-order valence-corrected chi connectivity index (χ2v) is 7.40. The van der Waals surface area contributed by atoms with Crippen LogP contribution in [-0.2, 0) is 0 Å². The van der Waals surface area contributed by atoms with Crippen molar-refractivity contribution < 1.29 is 9.21 Å². The quantitative estimate of drug-likeness (QED) is 0.433. The number of hydrogen-bond donors (Lipinski definition) is 1. The highest BCUT2D eigenvalue weighted by Crippen LogP contribution is 2.29. The van der Waals surface area contributed by atoms with Gasteiger partial charge in [0.25, 0.3) is 5.91 Å². The van der Waals surface area contributed by atoms with Gasteiger partial charge in [-0.2, -0.15) is 0 Å². The number of fused-ring (bicyclic) bond motifs is 1. The van der Waals surface area contributed by atoms with Crippen molar-refractivity contribution >= 4 is 38.6 Å². The van der Waals surface area contributed by atoms with Crippen LogP contribution in [-0.4, -0.2) is 10.9 Å². The lowest BCUT2D eigenvalue weighted by Crippen LogP contribution is -2.11. The summed E-state index contributed by atoms with van der Waals surface area (Å²) >= 11 is 3.38. The Bertz CT molecular complexity index is 1160. The minimum atomic E-state index is -0.172. The summed E-state index contributed by atoms with van der Waals surface area (Å²) in [5, 5.41) is 2.90. The first-order valence-corrected chi connectivity index (χ1v) is 9.34. The molecule has 1 N–H and O–H groups in total. The first-order valence-electron chi connectivity index (χ1n) is 8.55. The molecule has 0 aliphatic carbocycles. The lowest BCUT2D eigenvalue weighted by molar-refractivity contribution is 0.102. The fraction of sp³-hybridized carbons (Fsp3) is 0.0909. The van der Waals surface area contributed by atoms with E-state index in [1.165, 1.54) is 5.56 Å². The van der Waals surface area contributed by atoms with Crippen molar-refractivity contribution in [1.82, 2.24) is 4.98 Å². The van der Waals surface area contributed by atoms with Gasteiger partial charge in [0.05, 0.1) is 0 Å². The van der Waals surface area contributed by atoms with E-state index in [9.17, 15) is 4.79 Å². The summed E-state index contributed by atoms with van der Waals surface area (Å²) in [5.74, 6) is 0.409.